The molecule has 100 valence electrons. The van der Waals surface area contributed by atoms with E-state index in [0.29, 0.717) is 0 Å². The van der Waals surface area contributed by atoms with E-state index in [1.54, 1.807) is 0 Å². The van der Waals surface area contributed by atoms with Gasteiger partial charge in [0.25, 0.3) is 0 Å². The van der Waals surface area contributed by atoms with Gasteiger partial charge in [0, 0.05) is 0 Å². The van der Waals surface area contributed by atoms with Crippen LogP contribution in [0.5, 0.6) is 0 Å². The van der Waals surface area contributed by atoms with E-state index in [9.17, 15) is 0 Å². The molecule has 17 heavy (non-hydrogen) atoms. The van der Waals surface area contributed by atoms with Crippen molar-refractivity contribution in [2.24, 2.45) is 0 Å². The van der Waals surface area contributed by atoms with Crippen molar-refractivity contribution in [3.05, 3.63) is 0 Å². The molecule has 0 saturated carbocycles. The molecule has 0 nitrogen and oxygen atoms in total. The number of hydrogen-bond acceptors (Lipinski definition) is 0. The van der Waals surface area contributed by atoms with Crippen molar-refractivity contribution < 1.29 is 0 Å². The topological polar surface area (TPSA) is 0 Å². The molecule has 0 fully saturated rings. The SMILES string of the molecule is CCCCC#C[Te]CCCCCCCCCC. The minimum absolute atomic E-state index is 0.0482. The maximum atomic E-state index is 3.42. The Bertz CT molecular complexity index is 187. The molecule has 0 aliphatic carbocycles. The van der Waals surface area contributed by atoms with Gasteiger partial charge in [0.1, 0.15) is 0 Å². The third kappa shape index (κ3) is 16.3. The van der Waals surface area contributed by atoms with E-state index >= 15 is 0 Å². The molecule has 0 amide bonds. The summed E-state index contributed by atoms with van der Waals surface area (Å²) in [5.41, 5.74) is 0. The summed E-state index contributed by atoms with van der Waals surface area (Å²) in [4.78, 5) is 0. The van der Waals surface area contributed by atoms with E-state index in [0.717, 1.165) is 6.42 Å². The Kier molecular flexibility index (Phi) is 16.7. The fourth-order valence-corrected chi connectivity index (χ4v) is 3.59. The molecule has 0 spiro atoms. The van der Waals surface area contributed by atoms with Gasteiger partial charge in [0.15, 0.2) is 0 Å². The van der Waals surface area contributed by atoms with Gasteiger partial charge >= 0.3 is 120 Å². The van der Waals surface area contributed by atoms with Crippen LogP contribution in [0.1, 0.15) is 84.5 Å². The van der Waals surface area contributed by atoms with E-state index in [2.05, 4.69) is 23.7 Å². The van der Waals surface area contributed by atoms with Crippen LogP contribution in [0.4, 0.5) is 0 Å². The van der Waals surface area contributed by atoms with Crippen LogP contribution < -0.4 is 0 Å². The molecule has 0 aliphatic rings. The molecule has 0 aromatic rings. The summed E-state index contributed by atoms with van der Waals surface area (Å²) in [6, 6.07) is 0. The predicted molar refractivity (Wildman–Crippen MR) is 80.5 cm³/mol. The molecule has 0 radical (unpaired) electrons. The maximum absolute atomic E-state index is 3.42. The standard InChI is InChI=1S/C16H30Te/c1-3-5-7-9-10-11-12-14-16-17-15-13-8-6-4-2/h3-12,14,16H2,1-2H3. The van der Waals surface area contributed by atoms with Crippen LogP contribution >= 0.6 is 0 Å². The first-order valence-electron chi connectivity index (χ1n) is 7.51. The molecule has 0 N–H and O–H groups in total. The Hall–Kier alpha value is 0.350. The molecule has 0 atom stereocenters. The fourth-order valence-electron chi connectivity index (χ4n) is 1.73. The fraction of sp³-hybridized carbons (Fsp3) is 0.875. The predicted octanol–water partition coefficient (Wildman–Crippen LogP) is 5.40. The zero-order valence-corrected chi connectivity index (χ0v) is 14.2. The summed E-state index contributed by atoms with van der Waals surface area (Å²) in [5, 5.41) is 0. The third-order valence-corrected chi connectivity index (χ3v) is 5.13. The van der Waals surface area contributed by atoms with E-state index in [-0.39, 0.29) is 20.9 Å². The first kappa shape index (κ1) is 17.3. The van der Waals surface area contributed by atoms with Crippen molar-refractivity contribution in [3.63, 3.8) is 0 Å². The number of hydrogen-bond donors (Lipinski definition) is 0. The van der Waals surface area contributed by atoms with Gasteiger partial charge in [-0.1, -0.05) is 0 Å². The average molecular weight is 350 g/mol. The van der Waals surface area contributed by atoms with Crippen LogP contribution in [0.15, 0.2) is 0 Å². The zero-order valence-electron chi connectivity index (χ0n) is 11.9. The van der Waals surface area contributed by atoms with Crippen molar-refractivity contribution >= 4 is 20.9 Å². The number of rotatable bonds is 11. The summed E-state index contributed by atoms with van der Waals surface area (Å²) in [6.07, 6.45) is 15.2. The summed E-state index contributed by atoms with van der Waals surface area (Å²) in [7, 11) is 0. The van der Waals surface area contributed by atoms with E-state index in [4.69, 9.17) is 0 Å². The van der Waals surface area contributed by atoms with Gasteiger partial charge < -0.3 is 0 Å². The Labute approximate surface area is 119 Å². The van der Waals surface area contributed by atoms with Crippen LogP contribution in [0.25, 0.3) is 0 Å². The molecule has 1 heteroatoms. The quantitative estimate of drug-likeness (QED) is 0.266. The van der Waals surface area contributed by atoms with Gasteiger partial charge in [0.2, 0.25) is 0 Å². The van der Waals surface area contributed by atoms with Gasteiger partial charge in [-0.05, 0) is 0 Å². The molecule has 0 heterocycles. The van der Waals surface area contributed by atoms with Gasteiger partial charge in [-0.3, -0.25) is 0 Å². The van der Waals surface area contributed by atoms with Crippen LogP contribution in [0.2, 0.25) is 4.47 Å². The van der Waals surface area contributed by atoms with Crippen molar-refractivity contribution in [1.82, 2.24) is 0 Å². The molecule has 0 unspecified atom stereocenters. The van der Waals surface area contributed by atoms with Gasteiger partial charge in [0.05, 0.1) is 0 Å². The molecule has 0 aromatic carbocycles. The first-order valence-corrected chi connectivity index (χ1v) is 10.3. The molecule has 0 aliphatic heterocycles. The summed E-state index contributed by atoms with van der Waals surface area (Å²) < 4.78 is 4.86. The first-order chi connectivity index (χ1) is 8.41. The Morgan fingerprint density at radius 3 is 1.94 bits per heavy atom. The summed E-state index contributed by atoms with van der Waals surface area (Å²) in [5.74, 6) is 3.32. The Morgan fingerprint density at radius 2 is 1.29 bits per heavy atom. The van der Waals surface area contributed by atoms with E-state index < -0.39 is 0 Å². The van der Waals surface area contributed by atoms with Crippen molar-refractivity contribution in [3.8, 4) is 9.89 Å². The second-order valence-electron chi connectivity index (χ2n) is 4.71. The second-order valence-corrected chi connectivity index (χ2v) is 7.28. The molecular weight excluding hydrogens is 320 g/mol. The van der Waals surface area contributed by atoms with Gasteiger partial charge in [-0.25, -0.2) is 0 Å². The average Bonchev–Trinajstić information content (AvgIpc) is 2.35. The van der Waals surface area contributed by atoms with Crippen LogP contribution in [-0.4, -0.2) is 20.9 Å². The van der Waals surface area contributed by atoms with Crippen molar-refractivity contribution in [2.75, 3.05) is 0 Å². The molecule has 0 aromatic heterocycles. The van der Waals surface area contributed by atoms with E-state index in [1.807, 2.05) is 0 Å². The normalized spacial score (nSPS) is 10.0. The Morgan fingerprint density at radius 1 is 0.706 bits per heavy atom. The van der Waals surface area contributed by atoms with Crippen LogP contribution in [-0.2, 0) is 0 Å². The van der Waals surface area contributed by atoms with Gasteiger partial charge in [-0.2, -0.15) is 0 Å². The van der Waals surface area contributed by atoms with E-state index in [1.165, 1.54) is 68.7 Å². The molecular formula is C16H30Te. The van der Waals surface area contributed by atoms with Crippen LogP contribution in [0.3, 0.4) is 0 Å². The second kappa shape index (κ2) is 16.3. The monoisotopic (exact) mass is 352 g/mol. The molecule has 0 saturated heterocycles. The van der Waals surface area contributed by atoms with Crippen LogP contribution in [0, 0.1) is 9.89 Å². The van der Waals surface area contributed by atoms with Crippen molar-refractivity contribution in [2.45, 2.75) is 88.9 Å². The molecule has 0 rings (SSSR count). The third-order valence-electron chi connectivity index (χ3n) is 2.90. The minimum atomic E-state index is 0.0482. The molecule has 0 bridgehead atoms. The van der Waals surface area contributed by atoms with Crippen molar-refractivity contribution in [1.29, 1.82) is 0 Å². The number of unbranched alkanes of at least 4 members (excludes halogenated alkanes) is 9. The zero-order chi connectivity index (χ0) is 12.6. The Balaban J connectivity index is 2.99. The van der Waals surface area contributed by atoms with Gasteiger partial charge in [-0.15, -0.1) is 0 Å². The summed E-state index contributed by atoms with van der Waals surface area (Å²) >= 11 is 0.0482. The summed E-state index contributed by atoms with van der Waals surface area (Å²) in [6.45, 7) is 4.52.